The Morgan fingerprint density at radius 1 is 1.00 bits per heavy atom. The molecule has 1 N–H and O–H groups in total. The molecule has 0 aliphatic rings. The van der Waals surface area contributed by atoms with Gasteiger partial charge in [0.15, 0.2) is 0 Å². The molecule has 1 unspecified atom stereocenters. The zero-order valence-corrected chi connectivity index (χ0v) is 13.1. The number of carbonyl (C=O) groups is 1. The molecule has 0 aromatic heterocycles. The highest BCUT2D eigenvalue weighted by Crippen LogP contribution is 2.23. The fourth-order valence-electron chi connectivity index (χ4n) is 2.46. The lowest BCUT2D eigenvalue weighted by Gasteiger charge is -2.14. The summed E-state index contributed by atoms with van der Waals surface area (Å²) in [6, 6.07) is 15.5. The van der Waals surface area contributed by atoms with E-state index in [4.69, 9.17) is 4.74 Å². The molecule has 3 nitrogen and oxygen atoms in total. The Bertz CT molecular complexity index is 600. The van der Waals surface area contributed by atoms with Gasteiger partial charge >= 0.3 is 5.97 Å². The maximum absolute atomic E-state index is 11.6. The van der Waals surface area contributed by atoms with Gasteiger partial charge in [0.2, 0.25) is 0 Å². The maximum atomic E-state index is 11.6. The molecule has 0 fully saturated rings. The highest BCUT2D eigenvalue weighted by molar-refractivity contribution is 5.76. The Hall–Kier alpha value is -2.29. The van der Waals surface area contributed by atoms with Crippen LogP contribution in [0.3, 0.4) is 0 Å². The summed E-state index contributed by atoms with van der Waals surface area (Å²) in [5.41, 5.74) is 3.06. The van der Waals surface area contributed by atoms with Crippen LogP contribution in [0.5, 0.6) is 5.75 Å². The van der Waals surface area contributed by atoms with Crippen molar-refractivity contribution in [1.82, 2.24) is 0 Å². The van der Waals surface area contributed by atoms with Gasteiger partial charge in [-0.3, -0.25) is 4.79 Å². The molecule has 0 bridgehead atoms. The summed E-state index contributed by atoms with van der Waals surface area (Å²) in [7, 11) is 0. The van der Waals surface area contributed by atoms with Crippen LogP contribution in [0.15, 0.2) is 48.5 Å². The number of hydrogen-bond donors (Lipinski definition) is 1. The summed E-state index contributed by atoms with van der Waals surface area (Å²) in [5.74, 6) is -0.507. The monoisotopic (exact) mass is 298 g/mol. The molecule has 0 saturated carbocycles. The second-order valence-corrected chi connectivity index (χ2v) is 5.27. The Labute approximate surface area is 131 Å². The third kappa shape index (κ3) is 4.10. The number of rotatable bonds is 7. The first-order valence-electron chi connectivity index (χ1n) is 7.67. The standard InChI is InChI=1S/C19H22O3/c1-3-14-5-9-16(10-6-14)18(19(20)21)13-15-7-11-17(12-8-15)22-4-2/h5-12,18H,3-4,13H2,1-2H3,(H,20,21). The molecule has 2 aromatic rings. The van der Waals surface area contributed by atoms with Gasteiger partial charge in [-0.1, -0.05) is 43.3 Å². The van der Waals surface area contributed by atoms with Crippen LogP contribution in [0.25, 0.3) is 0 Å². The first-order chi connectivity index (χ1) is 10.6. The first-order valence-corrected chi connectivity index (χ1v) is 7.67. The van der Waals surface area contributed by atoms with Crippen molar-refractivity contribution < 1.29 is 14.6 Å². The van der Waals surface area contributed by atoms with Crippen LogP contribution in [-0.4, -0.2) is 17.7 Å². The molecule has 116 valence electrons. The molecule has 0 amide bonds. The van der Waals surface area contributed by atoms with Crippen LogP contribution in [0.1, 0.15) is 36.5 Å². The zero-order valence-electron chi connectivity index (χ0n) is 13.1. The SMILES string of the molecule is CCOc1ccc(CC(C(=O)O)c2ccc(CC)cc2)cc1. The van der Waals surface area contributed by atoms with Crippen molar-refractivity contribution in [3.8, 4) is 5.75 Å². The summed E-state index contributed by atoms with van der Waals surface area (Å²) in [6.45, 7) is 4.65. The summed E-state index contributed by atoms with van der Waals surface area (Å²) in [6.07, 6.45) is 1.43. The number of benzene rings is 2. The van der Waals surface area contributed by atoms with Gasteiger partial charge in [0.1, 0.15) is 5.75 Å². The van der Waals surface area contributed by atoms with Crippen molar-refractivity contribution in [2.75, 3.05) is 6.61 Å². The van der Waals surface area contributed by atoms with Gasteiger partial charge in [-0.05, 0) is 48.6 Å². The average Bonchev–Trinajstić information content (AvgIpc) is 2.54. The molecule has 2 aromatic carbocycles. The third-order valence-electron chi connectivity index (χ3n) is 3.76. The van der Waals surface area contributed by atoms with Crippen LogP contribution < -0.4 is 4.74 Å². The zero-order chi connectivity index (χ0) is 15.9. The molecule has 0 aliphatic carbocycles. The fourth-order valence-corrected chi connectivity index (χ4v) is 2.46. The number of aryl methyl sites for hydroxylation is 1. The van der Waals surface area contributed by atoms with E-state index in [-0.39, 0.29) is 0 Å². The maximum Gasteiger partial charge on any atom is 0.311 e. The molecule has 0 spiro atoms. The minimum atomic E-state index is -0.793. The van der Waals surface area contributed by atoms with Crippen LogP contribution in [0, 0.1) is 0 Å². The topological polar surface area (TPSA) is 46.5 Å². The van der Waals surface area contributed by atoms with Gasteiger partial charge in [0.05, 0.1) is 12.5 Å². The highest BCUT2D eigenvalue weighted by atomic mass is 16.5. The van der Waals surface area contributed by atoms with Gasteiger partial charge < -0.3 is 9.84 Å². The van der Waals surface area contributed by atoms with Crippen molar-refractivity contribution in [3.63, 3.8) is 0 Å². The third-order valence-corrected chi connectivity index (χ3v) is 3.76. The minimum Gasteiger partial charge on any atom is -0.494 e. The molecular formula is C19H22O3. The van der Waals surface area contributed by atoms with Crippen LogP contribution in [-0.2, 0) is 17.6 Å². The molecule has 0 aliphatic heterocycles. The quantitative estimate of drug-likeness (QED) is 0.838. The smallest absolute Gasteiger partial charge is 0.311 e. The summed E-state index contributed by atoms with van der Waals surface area (Å²) >= 11 is 0. The van der Waals surface area contributed by atoms with E-state index in [1.165, 1.54) is 5.56 Å². The van der Waals surface area contributed by atoms with Crippen molar-refractivity contribution in [2.24, 2.45) is 0 Å². The van der Waals surface area contributed by atoms with Crippen molar-refractivity contribution in [2.45, 2.75) is 32.6 Å². The minimum absolute atomic E-state index is 0.479. The van der Waals surface area contributed by atoms with E-state index in [0.717, 1.165) is 23.3 Å². The fraction of sp³-hybridized carbons (Fsp3) is 0.316. The van der Waals surface area contributed by atoms with E-state index in [9.17, 15) is 9.90 Å². The first kappa shape index (κ1) is 16.1. The van der Waals surface area contributed by atoms with Gasteiger partial charge in [-0.2, -0.15) is 0 Å². The van der Waals surface area contributed by atoms with E-state index >= 15 is 0 Å². The van der Waals surface area contributed by atoms with E-state index in [1.807, 2.05) is 55.5 Å². The molecule has 2 rings (SSSR count). The van der Waals surface area contributed by atoms with Crippen LogP contribution in [0.4, 0.5) is 0 Å². The number of ether oxygens (including phenoxy) is 1. The predicted octanol–water partition coefficient (Wildman–Crippen LogP) is 4.06. The lowest BCUT2D eigenvalue weighted by molar-refractivity contribution is -0.138. The van der Waals surface area contributed by atoms with Gasteiger partial charge in [-0.15, -0.1) is 0 Å². The number of hydrogen-bond acceptors (Lipinski definition) is 2. The predicted molar refractivity (Wildman–Crippen MR) is 87.5 cm³/mol. The van der Waals surface area contributed by atoms with E-state index in [0.29, 0.717) is 13.0 Å². The second-order valence-electron chi connectivity index (χ2n) is 5.27. The average molecular weight is 298 g/mol. The molecule has 3 heteroatoms. The largest absolute Gasteiger partial charge is 0.494 e. The van der Waals surface area contributed by atoms with E-state index in [2.05, 4.69) is 6.92 Å². The summed E-state index contributed by atoms with van der Waals surface area (Å²) < 4.78 is 5.41. The number of carboxylic acids is 1. The van der Waals surface area contributed by atoms with Gasteiger partial charge in [0.25, 0.3) is 0 Å². The van der Waals surface area contributed by atoms with E-state index < -0.39 is 11.9 Å². The lowest BCUT2D eigenvalue weighted by Crippen LogP contribution is -2.14. The lowest BCUT2D eigenvalue weighted by atomic mass is 9.91. The van der Waals surface area contributed by atoms with Crippen molar-refractivity contribution in [1.29, 1.82) is 0 Å². The normalized spacial score (nSPS) is 11.9. The number of carboxylic acid groups (broad SMARTS) is 1. The highest BCUT2D eigenvalue weighted by Gasteiger charge is 2.20. The molecule has 0 heterocycles. The molecule has 0 radical (unpaired) electrons. The van der Waals surface area contributed by atoms with Crippen LogP contribution in [0.2, 0.25) is 0 Å². The summed E-state index contributed by atoms with van der Waals surface area (Å²) in [5, 5.41) is 9.53. The van der Waals surface area contributed by atoms with Gasteiger partial charge in [0, 0.05) is 0 Å². The second kappa shape index (κ2) is 7.64. The molecule has 1 atom stereocenters. The molecule has 22 heavy (non-hydrogen) atoms. The van der Waals surface area contributed by atoms with Gasteiger partial charge in [-0.25, -0.2) is 0 Å². The Morgan fingerprint density at radius 3 is 2.09 bits per heavy atom. The van der Waals surface area contributed by atoms with Crippen LogP contribution >= 0.6 is 0 Å². The Balaban J connectivity index is 2.15. The number of aliphatic carboxylic acids is 1. The van der Waals surface area contributed by atoms with Crippen molar-refractivity contribution in [3.05, 3.63) is 65.2 Å². The molecular weight excluding hydrogens is 276 g/mol. The van der Waals surface area contributed by atoms with Crippen molar-refractivity contribution >= 4 is 5.97 Å². The van der Waals surface area contributed by atoms with E-state index in [1.54, 1.807) is 0 Å². The molecule has 0 saturated heterocycles. The Morgan fingerprint density at radius 2 is 1.59 bits per heavy atom. The Kier molecular flexibility index (Phi) is 5.59. The summed E-state index contributed by atoms with van der Waals surface area (Å²) in [4.78, 5) is 11.6.